The smallest absolute Gasteiger partial charge is 0.253 e. The summed E-state index contributed by atoms with van der Waals surface area (Å²) in [6, 6.07) is 15.9. The fourth-order valence-electron chi connectivity index (χ4n) is 10.8. The predicted octanol–water partition coefficient (Wildman–Crippen LogP) is 6.94. The largest absolute Gasteiger partial charge is 0.497 e. The second-order valence-electron chi connectivity index (χ2n) is 16.2. The number of rotatable bonds is 12. The van der Waals surface area contributed by atoms with E-state index in [9.17, 15) is 9.59 Å². The van der Waals surface area contributed by atoms with Crippen molar-refractivity contribution in [1.29, 1.82) is 0 Å². The van der Waals surface area contributed by atoms with Crippen LogP contribution in [0.2, 0.25) is 0 Å². The van der Waals surface area contributed by atoms with E-state index >= 15 is 0 Å². The van der Waals surface area contributed by atoms with Gasteiger partial charge in [0.15, 0.2) is 0 Å². The van der Waals surface area contributed by atoms with Crippen LogP contribution in [-0.4, -0.2) is 72.3 Å². The number of methoxy groups -OCH3 is 2. The van der Waals surface area contributed by atoms with Crippen molar-refractivity contribution in [3.63, 3.8) is 0 Å². The summed E-state index contributed by atoms with van der Waals surface area (Å²) >= 11 is 0. The van der Waals surface area contributed by atoms with E-state index in [0.717, 1.165) is 83.5 Å². The zero-order valence-corrected chi connectivity index (χ0v) is 31.9. The summed E-state index contributed by atoms with van der Waals surface area (Å²) < 4.78 is 11.3. The molecule has 282 valence electrons. The lowest BCUT2D eigenvalue weighted by Gasteiger charge is -2.53. The lowest BCUT2D eigenvalue weighted by atomic mass is 9.72. The standard InChI is InChI=1S/C44H52N6O4/c1-5-25-23-49-17-13-27(25)19-37(49)39(31-11-15-45-35-9-7-29(53-3)21-33(31)35)47-41-42(44(52)43(41)51)48-40(38-20-28-14-18-50(38)24-26(28)6-2)32-12-16-46-36-10-8-30(54-4)22-34(32)36/h7-12,15-16,21-22,25-28,37-40,47-48H,5-6,13-14,17-20,23-24H2,1-4H3/t25-,26-,27-,28-,37+,38+,39+,40+/m0/s1. The molecule has 5 aromatic rings. The van der Waals surface area contributed by atoms with E-state index in [2.05, 4.69) is 46.4 Å². The van der Waals surface area contributed by atoms with Gasteiger partial charge in [-0.15, -0.1) is 0 Å². The summed E-state index contributed by atoms with van der Waals surface area (Å²) in [5.74, 6) is 4.13. The van der Waals surface area contributed by atoms with Crippen LogP contribution in [0.4, 0.5) is 11.4 Å². The Morgan fingerprint density at radius 2 is 1.13 bits per heavy atom. The number of piperidine rings is 6. The number of ether oxygens (including phenoxy) is 2. The number of nitrogens with zero attached hydrogens (tertiary/aromatic N) is 4. The summed E-state index contributed by atoms with van der Waals surface area (Å²) in [6.07, 6.45) is 10.5. The molecule has 11 rings (SSSR count). The van der Waals surface area contributed by atoms with Crippen LogP contribution in [0.1, 0.15) is 75.6 Å². The number of aromatic nitrogens is 2. The number of anilines is 2. The number of benzene rings is 2. The average molecular weight is 729 g/mol. The van der Waals surface area contributed by atoms with E-state index < -0.39 is 10.9 Å². The molecule has 0 spiro atoms. The Morgan fingerprint density at radius 1 is 0.685 bits per heavy atom. The van der Waals surface area contributed by atoms with Gasteiger partial charge in [-0.25, -0.2) is 0 Å². The normalized spacial score (nSPS) is 28.7. The van der Waals surface area contributed by atoms with Crippen LogP contribution in [0.15, 0.2) is 70.5 Å². The molecule has 6 aliphatic rings. The van der Waals surface area contributed by atoms with E-state index in [1.807, 2.05) is 48.8 Å². The van der Waals surface area contributed by atoms with Crippen molar-refractivity contribution in [2.75, 3.05) is 51.0 Å². The number of hydrogen-bond acceptors (Lipinski definition) is 10. The summed E-state index contributed by atoms with van der Waals surface area (Å²) in [5.41, 5.74) is 3.72. The Bertz CT molecular complexity index is 2090. The van der Waals surface area contributed by atoms with Crippen LogP contribution in [-0.2, 0) is 0 Å². The van der Waals surface area contributed by atoms with Crippen molar-refractivity contribution < 1.29 is 9.47 Å². The molecule has 0 aliphatic carbocycles. The molecule has 8 heterocycles. The van der Waals surface area contributed by atoms with E-state index in [1.165, 1.54) is 25.7 Å². The minimum Gasteiger partial charge on any atom is -0.497 e. The number of hydrogen-bond donors (Lipinski definition) is 2. The van der Waals surface area contributed by atoms with Crippen LogP contribution in [0.3, 0.4) is 0 Å². The summed E-state index contributed by atoms with van der Waals surface area (Å²) in [7, 11) is 3.36. The van der Waals surface area contributed by atoms with Gasteiger partial charge in [-0.05, 0) is 122 Å². The van der Waals surface area contributed by atoms with E-state index in [1.54, 1.807) is 14.2 Å². The lowest BCUT2D eigenvalue weighted by molar-refractivity contribution is -0.00812. The van der Waals surface area contributed by atoms with Gasteiger partial charge in [0.25, 0.3) is 10.9 Å². The van der Waals surface area contributed by atoms with Crippen LogP contribution in [0, 0.1) is 23.7 Å². The highest BCUT2D eigenvalue weighted by molar-refractivity contribution is 5.86. The van der Waals surface area contributed by atoms with E-state index in [4.69, 9.17) is 19.4 Å². The molecule has 10 atom stereocenters. The predicted molar refractivity (Wildman–Crippen MR) is 214 cm³/mol. The van der Waals surface area contributed by atoms with Gasteiger partial charge < -0.3 is 20.1 Å². The van der Waals surface area contributed by atoms with Gasteiger partial charge in [0, 0.05) is 48.3 Å². The molecule has 0 radical (unpaired) electrons. The third-order valence-electron chi connectivity index (χ3n) is 13.8. The van der Waals surface area contributed by atoms with Crippen molar-refractivity contribution in [3.8, 4) is 11.5 Å². The minimum absolute atomic E-state index is 0.152. The summed E-state index contributed by atoms with van der Waals surface area (Å²) in [6.45, 7) is 8.77. The number of pyridine rings is 2. The molecule has 6 aliphatic heterocycles. The summed E-state index contributed by atoms with van der Waals surface area (Å²) in [4.78, 5) is 42.3. The van der Waals surface area contributed by atoms with E-state index in [-0.39, 0.29) is 24.2 Å². The molecular weight excluding hydrogens is 677 g/mol. The maximum atomic E-state index is 13.9. The second-order valence-corrected chi connectivity index (χ2v) is 16.2. The SMILES string of the molecule is CC[C@H]1CN2CC[C@H]1C[C@@H]2[C@H](Nc1c(N[C@H](c2ccnc3ccc(OC)cc23)[C@H]2C[C@@H]3CCN2C[C@@H]3CC)c(=O)c1=O)c1ccnc2ccc(OC)cc12. The highest BCUT2D eigenvalue weighted by Gasteiger charge is 2.46. The fraction of sp³-hybridized carbons (Fsp3) is 0.500. The molecule has 4 bridgehead atoms. The molecule has 6 saturated heterocycles. The van der Waals surface area contributed by atoms with Gasteiger partial charge in [0.2, 0.25) is 0 Å². The van der Waals surface area contributed by atoms with Gasteiger partial charge >= 0.3 is 0 Å². The Balaban J connectivity index is 1.14. The zero-order valence-electron chi connectivity index (χ0n) is 31.9. The van der Waals surface area contributed by atoms with Gasteiger partial charge in [0.05, 0.1) is 37.3 Å². The second kappa shape index (κ2) is 14.3. The maximum Gasteiger partial charge on any atom is 0.253 e. The molecule has 6 fully saturated rings. The molecule has 2 N–H and O–H groups in total. The molecule has 0 amide bonds. The number of nitrogens with one attached hydrogen (secondary N) is 2. The van der Waals surface area contributed by atoms with Crippen molar-refractivity contribution in [3.05, 3.63) is 92.5 Å². The van der Waals surface area contributed by atoms with E-state index in [0.29, 0.717) is 35.0 Å². The van der Waals surface area contributed by atoms with Crippen LogP contribution in [0.25, 0.3) is 21.8 Å². The molecule has 2 aromatic heterocycles. The van der Waals surface area contributed by atoms with Crippen LogP contribution in [0.5, 0.6) is 11.5 Å². The first-order valence-corrected chi connectivity index (χ1v) is 20.1. The Labute approximate surface area is 317 Å². The van der Waals surface area contributed by atoms with Crippen molar-refractivity contribution in [2.24, 2.45) is 23.7 Å². The zero-order chi connectivity index (χ0) is 37.1. The quantitative estimate of drug-likeness (QED) is 0.131. The van der Waals surface area contributed by atoms with Crippen molar-refractivity contribution in [2.45, 2.75) is 76.5 Å². The molecule has 0 saturated carbocycles. The molecule has 10 nitrogen and oxygen atoms in total. The van der Waals surface area contributed by atoms with Gasteiger partial charge in [-0.3, -0.25) is 29.4 Å². The fourth-order valence-corrected chi connectivity index (χ4v) is 10.8. The molecule has 2 unspecified atom stereocenters. The lowest BCUT2D eigenvalue weighted by Crippen LogP contribution is -2.57. The highest BCUT2D eigenvalue weighted by Crippen LogP contribution is 2.47. The van der Waals surface area contributed by atoms with Crippen molar-refractivity contribution >= 4 is 33.2 Å². The first-order chi connectivity index (χ1) is 26.4. The Hall–Kier alpha value is -4.54. The van der Waals surface area contributed by atoms with Gasteiger partial charge in [-0.1, -0.05) is 26.7 Å². The summed E-state index contributed by atoms with van der Waals surface area (Å²) in [5, 5.41) is 9.53. The third-order valence-corrected chi connectivity index (χ3v) is 13.8. The monoisotopic (exact) mass is 728 g/mol. The number of fused-ring (bicyclic) bond motifs is 8. The first kappa shape index (κ1) is 35.2. The van der Waals surface area contributed by atoms with Crippen LogP contribution < -0.4 is 31.0 Å². The maximum absolute atomic E-state index is 13.9. The third kappa shape index (κ3) is 5.93. The molecule has 10 heteroatoms. The first-order valence-electron chi connectivity index (χ1n) is 20.1. The molecule has 54 heavy (non-hydrogen) atoms. The van der Waals surface area contributed by atoms with Gasteiger partial charge in [0.1, 0.15) is 22.9 Å². The minimum atomic E-state index is -0.461. The molecular formula is C44H52N6O4. The van der Waals surface area contributed by atoms with Crippen LogP contribution >= 0.6 is 0 Å². The topological polar surface area (TPSA) is 109 Å². The molecule has 3 aromatic carbocycles. The Kier molecular flexibility index (Phi) is 9.30. The highest BCUT2D eigenvalue weighted by atomic mass is 16.5. The van der Waals surface area contributed by atoms with Gasteiger partial charge in [-0.2, -0.15) is 0 Å². The Morgan fingerprint density at radius 3 is 1.50 bits per heavy atom. The average Bonchev–Trinajstić information content (AvgIpc) is 3.24. The van der Waals surface area contributed by atoms with Crippen molar-refractivity contribution in [1.82, 2.24) is 19.8 Å².